The van der Waals surface area contributed by atoms with Crippen LogP contribution in [-0.2, 0) is 6.54 Å². The molecular weight excluding hydrogens is 246 g/mol. The van der Waals surface area contributed by atoms with E-state index in [1.54, 1.807) is 0 Å². The molecular formula is C18H27NO. The molecule has 0 aliphatic heterocycles. The van der Waals surface area contributed by atoms with Gasteiger partial charge in [-0.1, -0.05) is 31.5 Å². The quantitative estimate of drug-likeness (QED) is 0.835. The van der Waals surface area contributed by atoms with E-state index in [-0.39, 0.29) is 0 Å². The second-order valence-corrected chi connectivity index (χ2v) is 6.43. The monoisotopic (exact) mass is 273 g/mol. The Morgan fingerprint density at radius 1 is 1.05 bits per heavy atom. The lowest BCUT2D eigenvalue weighted by Gasteiger charge is -2.29. The van der Waals surface area contributed by atoms with Crippen molar-refractivity contribution < 1.29 is 4.74 Å². The van der Waals surface area contributed by atoms with E-state index in [2.05, 4.69) is 36.5 Å². The maximum Gasteiger partial charge on any atom is 0.124 e. The van der Waals surface area contributed by atoms with E-state index >= 15 is 0 Å². The summed E-state index contributed by atoms with van der Waals surface area (Å²) in [5.74, 6) is 2.03. The van der Waals surface area contributed by atoms with E-state index < -0.39 is 0 Å². The highest BCUT2D eigenvalue weighted by molar-refractivity contribution is 5.33. The van der Waals surface area contributed by atoms with Gasteiger partial charge in [-0.3, -0.25) is 0 Å². The SMILES string of the molecule is CCC1CCC(Oc2ccccc2CNC2CC2)CC1. The van der Waals surface area contributed by atoms with Crippen LogP contribution >= 0.6 is 0 Å². The van der Waals surface area contributed by atoms with Gasteiger partial charge in [0.1, 0.15) is 5.75 Å². The molecule has 0 atom stereocenters. The van der Waals surface area contributed by atoms with Crippen molar-refractivity contribution in [3.8, 4) is 5.75 Å². The van der Waals surface area contributed by atoms with Gasteiger partial charge in [0, 0.05) is 18.2 Å². The second-order valence-electron chi connectivity index (χ2n) is 6.43. The molecule has 2 heteroatoms. The summed E-state index contributed by atoms with van der Waals surface area (Å²) in [5, 5.41) is 3.59. The van der Waals surface area contributed by atoms with Crippen molar-refractivity contribution in [3.05, 3.63) is 29.8 Å². The molecule has 110 valence electrons. The van der Waals surface area contributed by atoms with Gasteiger partial charge < -0.3 is 10.1 Å². The molecule has 2 fully saturated rings. The molecule has 1 aromatic carbocycles. The van der Waals surface area contributed by atoms with Crippen molar-refractivity contribution >= 4 is 0 Å². The van der Waals surface area contributed by atoms with Gasteiger partial charge in [0.25, 0.3) is 0 Å². The third kappa shape index (κ3) is 3.76. The number of ether oxygens (including phenoxy) is 1. The number of hydrogen-bond acceptors (Lipinski definition) is 2. The first kappa shape index (κ1) is 13.9. The maximum absolute atomic E-state index is 6.29. The molecule has 2 aliphatic carbocycles. The summed E-state index contributed by atoms with van der Waals surface area (Å²) in [6.45, 7) is 3.26. The van der Waals surface area contributed by atoms with Gasteiger partial charge in [-0.25, -0.2) is 0 Å². The Labute approximate surface area is 122 Å². The first-order valence-electron chi connectivity index (χ1n) is 8.33. The lowest BCUT2D eigenvalue weighted by atomic mass is 9.86. The standard InChI is InChI=1S/C18H27NO/c1-2-14-7-11-17(12-8-14)20-18-6-4-3-5-15(18)13-19-16-9-10-16/h3-6,14,16-17,19H,2,7-13H2,1H3. The first-order valence-corrected chi connectivity index (χ1v) is 8.33. The van der Waals surface area contributed by atoms with Crippen LogP contribution in [0.15, 0.2) is 24.3 Å². The van der Waals surface area contributed by atoms with Crippen LogP contribution < -0.4 is 10.1 Å². The van der Waals surface area contributed by atoms with E-state index in [4.69, 9.17) is 4.74 Å². The smallest absolute Gasteiger partial charge is 0.124 e. The van der Waals surface area contributed by atoms with Gasteiger partial charge in [0.05, 0.1) is 6.10 Å². The molecule has 0 radical (unpaired) electrons. The fourth-order valence-electron chi connectivity index (χ4n) is 3.14. The van der Waals surface area contributed by atoms with Crippen LogP contribution in [0.1, 0.15) is 57.4 Å². The Balaban J connectivity index is 1.56. The number of nitrogens with one attached hydrogen (secondary N) is 1. The van der Waals surface area contributed by atoms with Gasteiger partial charge in [0.2, 0.25) is 0 Å². The molecule has 20 heavy (non-hydrogen) atoms. The zero-order valence-electron chi connectivity index (χ0n) is 12.6. The van der Waals surface area contributed by atoms with Crippen molar-refractivity contribution in [1.82, 2.24) is 5.32 Å². The van der Waals surface area contributed by atoms with Crippen LogP contribution in [0.4, 0.5) is 0 Å². The zero-order valence-corrected chi connectivity index (χ0v) is 12.6. The summed E-state index contributed by atoms with van der Waals surface area (Å²) in [6.07, 6.45) is 9.56. The second kappa shape index (κ2) is 6.62. The zero-order chi connectivity index (χ0) is 13.8. The minimum Gasteiger partial charge on any atom is -0.490 e. The highest BCUT2D eigenvalue weighted by atomic mass is 16.5. The van der Waals surface area contributed by atoms with Gasteiger partial charge in [-0.05, 0) is 50.5 Å². The van der Waals surface area contributed by atoms with E-state index in [1.807, 2.05) is 0 Å². The molecule has 0 bridgehead atoms. The fraction of sp³-hybridized carbons (Fsp3) is 0.667. The Morgan fingerprint density at radius 3 is 2.50 bits per heavy atom. The molecule has 0 spiro atoms. The minimum absolute atomic E-state index is 0.430. The molecule has 0 unspecified atom stereocenters. The van der Waals surface area contributed by atoms with E-state index in [0.717, 1.165) is 24.3 Å². The Kier molecular flexibility index (Phi) is 4.62. The van der Waals surface area contributed by atoms with E-state index in [1.165, 1.54) is 50.5 Å². The summed E-state index contributed by atoms with van der Waals surface area (Å²) < 4.78 is 6.29. The van der Waals surface area contributed by atoms with Crippen LogP contribution in [0.5, 0.6) is 5.75 Å². The normalized spacial score (nSPS) is 26.4. The first-order chi connectivity index (χ1) is 9.85. The van der Waals surface area contributed by atoms with Crippen molar-refractivity contribution in [1.29, 1.82) is 0 Å². The average molecular weight is 273 g/mol. The van der Waals surface area contributed by atoms with Crippen LogP contribution in [0.25, 0.3) is 0 Å². The summed E-state index contributed by atoms with van der Waals surface area (Å²) >= 11 is 0. The van der Waals surface area contributed by atoms with E-state index in [0.29, 0.717) is 6.10 Å². The van der Waals surface area contributed by atoms with Gasteiger partial charge in [0.15, 0.2) is 0 Å². The van der Waals surface area contributed by atoms with Crippen molar-refractivity contribution in [3.63, 3.8) is 0 Å². The highest BCUT2D eigenvalue weighted by Gasteiger charge is 2.23. The molecule has 0 heterocycles. The van der Waals surface area contributed by atoms with Crippen molar-refractivity contribution in [2.24, 2.45) is 5.92 Å². The van der Waals surface area contributed by atoms with Gasteiger partial charge in [-0.15, -0.1) is 0 Å². The number of hydrogen-bond donors (Lipinski definition) is 1. The molecule has 1 N–H and O–H groups in total. The summed E-state index contributed by atoms with van der Waals surface area (Å²) in [5.41, 5.74) is 1.32. The molecule has 3 rings (SSSR count). The highest BCUT2D eigenvalue weighted by Crippen LogP contribution is 2.30. The molecule has 0 amide bonds. The third-order valence-corrected chi connectivity index (χ3v) is 4.80. The Hall–Kier alpha value is -1.02. The molecule has 2 saturated carbocycles. The van der Waals surface area contributed by atoms with Crippen LogP contribution in [0.3, 0.4) is 0 Å². The topological polar surface area (TPSA) is 21.3 Å². The Bertz CT molecular complexity index is 419. The molecule has 0 saturated heterocycles. The number of benzene rings is 1. The van der Waals surface area contributed by atoms with Crippen LogP contribution in [-0.4, -0.2) is 12.1 Å². The van der Waals surface area contributed by atoms with Gasteiger partial charge >= 0.3 is 0 Å². The van der Waals surface area contributed by atoms with Crippen LogP contribution in [0.2, 0.25) is 0 Å². The van der Waals surface area contributed by atoms with Crippen molar-refractivity contribution in [2.45, 2.75) is 70.6 Å². The summed E-state index contributed by atoms with van der Waals surface area (Å²) in [6, 6.07) is 9.29. The third-order valence-electron chi connectivity index (χ3n) is 4.80. The van der Waals surface area contributed by atoms with E-state index in [9.17, 15) is 0 Å². The summed E-state index contributed by atoms with van der Waals surface area (Å²) in [4.78, 5) is 0. The predicted octanol–water partition coefficient (Wildman–Crippen LogP) is 4.29. The lowest BCUT2D eigenvalue weighted by molar-refractivity contribution is 0.128. The fourth-order valence-corrected chi connectivity index (χ4v) is 3.14. The number of para-hydroxylation sites is 1. The summed E-state index contributed by atoms with van der Waals surface area (Å²) in [7, 11) is 0. The van der Waals surface area contributed by atoms with Crippen LogP contribution in [0, 0.1) is 5.92 Å². The van der Waals surface area contributed by atoms with Gasteiger partial charge in [-0.2, -0.15) is 0 Å². The molecule has 0 aromatic heterocycles. The average Bonchev–Trinajstić information content (AvgIpc) is 3.31. The molecule has 2 nitrogen and oxygen atoms in total. The molecule has 2 aliphatic rings. The largest absolute Gasteiger partial charge is 0.490 e. The van der Waals surface area contributed by atoms with Crippen molar-refractivity contribution in [2.75, 3.05) is 0 Å². The lowest BCUT2D eigenvalue weighted by Crippen LogP contribution is -2.25. The maximum atomic E-state index is 6.29. The molecule has 1 aromatic rings. The number of rotatable bonds is 6. The predicted molar refractivity (Wildman–Crippen MR) is 83.0 cm³/mol. The Morgan fingerprint density at radius 2 is 1.80 bits per heavy atom. The minimum atomic E-state index is 0.430.